The molecule has 1 aromatic carbocycles. The molecule has 0 aliphatic rings. The lowest BCUT2D eigenvalue weighted by Gasteiger charge is -2.06. The van der Waals surface area contributed by atoms with Crippen LogP contribution in [0.15, 0.2) is 65.8 Å². The number of pyridine rings is 1. The lowest BCUT2D eigenvalue weighted by atomic mass is 10.0. The van der Waals surface area contributed by atoms with E-state index in [1.165, 1.54) is 21.3 Å². The topological polar surface area (TPSA) is 81.4 Å². The molecule has 0 radical (unpaired) electrons. The van der Waals surface area contributed by atoms with Crippen LogP contribution in [0, 0.1) is 5.82 Å². The van der Waals surface area contributed by atoms with E-state index in [1.807, 2.05) is 0 Å². The zero-order valence-corrected chi connectivity index (χ0v) is 14.1. The van der Waals surface area contributed by atoms with Crippen LogP contribution in [0.4, 0.5) is 4.39 Å². The molecule has 4 aromatic rings. The summed E-state index contributed by atoms with van der Waals surface area (Å²) in [5.74, 6) is -1.03. The van der Waals surface area contributed by atoms with E-state index in [1.54, 1.807) is 48.8 Å². The summed E-state index contributed by atoms with van der Waals surface area (Å²) in [7, 11) is 0. The smallest absolute Gasteiger partial charge is 0.350 e. The van der Waals surface area contributed by atoms with Crippen LogP contribution in [0.25, 0.3) is 16.8 Å². The van der Waals surface area contributed by atoms with E-state index in [4.69, 9.17) is 4.74 Å². The summed E-state index contributed by atoms with van der Waals surface area (Å²) in [5.41, 5.74) is 1.16. The van der Waals surface area contributed by atoms with E-state index in [9.17, 15) is 14.0 Å². The van der Waals surface area contributed by atoms with E-state index in [2.05, 4.69) is 10.1 Å². The second kappa shape index (κ2) is 6.91. The van der Waals surface area contributed by atoms with Gasteiger partial charge in [0.2, 0.25) is 0 Å². The summed E-state index contributed by atoms with van der Waals surface area (Å²) in [4.78, 5) is 27.4. The van der Waals surface area contributed by atoms with Crippen molar-refractivity contribution in [1.29, 1.82) is 0 Å². The number of carbonyl (C=O) groups excluding carboxylic acids is 1. The first-order valence-electron chi connectivity index (χ1n) is 8.28. The van der Waals surface area contributed by atoms with Crippen LogP contribution in [-0.2, 0) is 11.3 Å². The lowest BCUT2D eigenvalue weighted by molar-refractivity contribution is 0.0487. The zero-order chi connectivity index (χ0) is 18.8. The zero-order valence-electron chi connectivity index (χ0n) is 14.1. The number of nitrogens with one attached hydrogen (secondary N) is 1. The van der Waals surface area contributed by atoms with Crippen LogP contribution in [0.3, 0.4) is 0 Å². The second-order valence-corrected chi connectivity index (χ2v) is 5.83. The second-order valence-electron chi connectivity index (χ2n) is 5.83. The van der Waals surface area contributed by atoms with Crippen LogP contribution in [-0.4, -0.2) is 31.7 Å². The number of hydrogen-bond acceptors (Lipinski definition) is 4. The van der Waals surface area contributed by atoms with Crippen LogP contribution in [0.1, 0.15) is 10.4 Å². The molecule has 1 N–H and O–H groups in total. The van der Waals surface area contributed by atoms with Gasteiger partial charge in [0.05, 0.1) is 12.1 Å². The Morgan fingerprint density at radius 1 is 1.11 bits per heavy atom. The van der Waals surface area contributed by atoms with Gasteiger partial charge in [0.1, 0.15) is 12.4 Å². The highest BCUT2D eigenvalue weighted by atomic mass is 19.1. The maximum atomic E-state index is 14.0. The predicted octanol–water partition coefficient (Wildman–Crippen LogP) is 2.49. The summed E-state index contributed by atoms with van der Waals surface area (Å²) >= 11 is 0. The number of ether oxygens (including phenoxy) is 1. The summed E-state index contributed by atoms with van der Waals surface area (Å²) in [6.07, 6.45) is 4.62. The van der Waals surface area contributed by atoms with E-state index < -0.39 is 11.8 Å². The quantitative estimate of drug-likeness (QED) is 0.550. The molecule has 0 aliphatic carbocycles. The van der Waals surface area contributed by atoms with Crippen LogP contribution < -0.4 is 5.69 Å². The number of benzene rings is 1. The number of fused-ring (bicyclic) bond motifs is 1. The summed E-state index contributed by atoms with van der Waals surface area (Å²) in [6, 6.07) is 11.4. The normalized spacial score (nSPS) is 11.0. The first-order valence-corrected chi connectivity index (χ1v) is 8.28. The number of aromatic nitrogens is 4. The molecule has 0 atom stereocenters. The number of carbonyl (C=O) groups is 1. The van der Waals surface area contributed by atoms with Crippen molar-refractivity contribution in [1.82, 2.24) is 19.2 Å². The van der Waals surface area contributed by atoms with Gasteiger partial charge >= 0.3 is 11.7 Å². The summed E-state index contributed by atoms with van der Waals surface area (Å²) < 4.78 is 21.9. The van der Waals surface area contributed by atoms with Crippen LogP contribution in [0.2, 0.25) is 0 Å². The van der Waals surface area contributed by atoms with Crippen molar-refractivity contribution in [2.75, 3.05) is 6.61 Å². The summed E-state index contributed by atoms with van der Waals surface area (Å²) in [6.45, 7) is 0.0796. The summed E-state index contributed by atoms with van der Waals surface area (Å²) in [5, 5.41) is 4.17. The van der Waals surface area contributed by atoms with E-state index in [0.29, 0.717) is 16.8 Å². The molecular weight excluding hydrogens is 351 g/mol. The van der Waals surface area contributed by atoms with Crippen molar-refractivity contribution in [3.05, 3.63) is 82.9 Å². The van der Waals surface area contributed by atoms with E-state index in [0.717, 1.165) is 0 Å². The van der Waals surface area contributed by atoms with Crippen LogP contribution >= 0.6 is 0 Å². The monoisotopic (exact) mass is 366 g/mol. The van der Waals surface area contributed by atoms with Crippen molar-refractivity contribution in [3.63, 3.8) is 0 Å². The molecule has 7 nitrogen and oxygen atoms in total. The molecule has 3 heterocycles. The molecule has 27 heavy (non-hydrogen) atoms. The molecule has 0 fully saturated rings. The third kappa shape index (κ3) is 3.12. The minimum Gasteiger partial charge on any atom is -0.460 e. The average molecular weight is 366 g/mol. The molecule has 136 valence electrons. The molecule has 3 aromatic heterocycles. The Hall–Kier alpha value is -3.68. The van der Waals surface area contributed by atoms with E-state index in [-0.39, 0.29) is 24.4 Å². The van der Waals surface area contributed by atoms with Gasteiger partial charge in [-0.2, -0.15) is 0 Å². The highest BCUT2D eigenvalue weighted by molar-refractivity contribution is 5.97. The molecule has 0 aliphatic heterocycles. The Morgan fingerprint density at radius 2 is 1.93 bits per heavy atom. The highest BCUT2D eigenvalue weighted by Gasteiger charge is 2.18. The number of nitrogens with zero attached hydrogens (tertiary/aromatic N) is 3. The van der Waals surface area contributed by atoms with Crippen molar-refractivity contribution in [2.24, 2.45) is 0 Å². The van der Waals surface area contributed by atoms with Crippen molar-refractivity contribution < 1.29 is 13.9 Å². The molecule has 0 unspecified atom stereocenters. The number of rotatable bonds is 5. The number of aromatic amines is 1. The standard InChI is InChI=1S/C19H15FN4O3/c20-16-6-2-1-5-13(16)14-11-21-12-15(14)18(25)27-10-9-24-19(26)23-8-4-3-7-17(23)22-24/h1-8,11-12,21H,9-10H2. The Labute approximate surface area is 152 Å². The van der Waals surface area contributed by atoms with Crippen molar-refractivity contribution in [2.45, 2.75) is 6.54 Å². The molecule has 0 bridgehead atoms. The first kappa shape index (κ1) is 16.8. The number of H-pyrrole nitrogens is 1. The fourth-order valence-corrected chi connectivity index (χ4v) is 2.85. The lowest BCUT2D eigenvalue weighted by Crippen LogP contribution is -2.24. The number of esters is 1. The van der Waals surface area contributed by atoms with Gasteiger partial charge in [-0.15, -0.1) is 5.10 Å². The molecular formula is C19H15FN4O3. The predicted molar refractivity (Wildman–Crippen MR) is 95.9 cm³/mol. The van der Waals surface area contributed by atoms with Gasteiger partial charge in [0.25, 0.3) is 0 Å². The fourth-order valence-electron chi connectivity index (χ4n) is 2.85. The average Bonchev–Trinajstić information content (AvgIpc) is 3.28. The third-order valence-electron chi connectivity index (χ3n) is 4.15. The Morgan fingerprint density at radius 3 is 2.74 bits per heavy atom. The fraction of sp³-hybridized carbons (Fsp3) is 0.105. The van der Waals surface area contributed by atoms with Gasteiger partial charge in [0.15, 0.2) is 5.65 Å². The SMILES string of the molecule is O=C(OCCn1nc2ccccn2c1=O)c1c[nH]cc1-c1ccccc1F. The van der Waals surface area contributed by atoms with Gasteiger partial charge in [-0.1, -0.05) is 24.3 Å². The van der Waals surface area contributed by atoms with Crippen LogP contribution in [0.5, 0.6) is 0 Å². The maximum absolute atomic E-state index is 14.0. The third-order valence-corrected chi connectivity index (χ3v) is 4.15. The molecule has 4 rings (SSSR count). The van der Waals surface area contributed by atoms with E-state index >= 15 is 0 Å². The number of halogens is 1. The Kier molecular flexibility index (Phi) is 4.29. The minimum absolute atomic E-state index is 0.0372. The molecule has 0 saturated carbocycles. The largest absolute Gasteiger partial charge is 0.460 e. The van der Waals surface area contributed by atoms with Gasteiger partial charge < -0.3 is 9.72 Å². The molecule has 8 heteroatoms. The number of hydrogen-bond donors (Lipinski definition) is 1. The van der Waals surface area contributed by atoms with Gasteiger partial charge in [0, 0.05) is 29.7 Å². The Bertz CT molecular complexity index is 1170. The first-order chi connectivity index (χ1) is 13.1. The van der Waals surface area contributed by atoms with Gasteiger partial charge in [-0.05, 0) is 18.2 Å². The molecule has 0 amide bonds. The van der Waals surface area contributed by atoms with Crippen molar-refractivity contribution >= 4 is 11.6 Å². The molecule has 0 spiro atoms. The maximum Gasteiger partial charge on any atom is 0.350 e. The van der Waals surface area contributed by atoms with Gasteiger partial charge in [-0.25, -0.2) is 18.7 Å². The molecule has 0 saturated heterocycles. The highest BCUT2D eigenvalue weighted by Crippen LogP contribution is 2.26. The van der Waals surface area contributed by atoms with Gasteiger partial charge in [-0.3, -0.25) is 4.40 Å². The Balaban J connectivity index is 1.48. The van der Waals surface area contributed by atoms with Crippen molar-refractivity contribution in [3.8, 4) is 11.1 Å². The minimum atomic E-state index is -0.605.